The van der Waals surface area contributed by atoms with Gasteiger partial charge in [-0.2, -0.15) is 0 Å². The Hall–Kier alpha value is -2.84. The molecule has 1 aromatic carbocycles. The number of piperidine rings is 1. The quantitative estimate of drug-likeness (QED) is 0.727. The molecule has 2 atom stereocenters. The van der Waals surface area contributed by atoms with Crippen molar-refractivity contribution >= 4 is 28.8 Å². The smallest absolute Gasteiger partial charge is 0.254 e. The summed E-state index contributed by atoms with van der Waals surface area (Å²) in [5.74, 6) is -1.74. The molecule has 1 fully saturated rings. The van der Waals surface area contributed by atoms with Crippen LogP contribution in [-0.2, 0) is 9.59 Å². The summed E-state index contributed by atoms with van der Waals surface area (Å²) in [6.07, 6.45) is -1.57. The van der Waals surface area contributed by atoms with Crippen LogP contribution in [0, 0.1) is 0 Å². The summed E-state index contributed by atoms with van der Waals surface area (Å²) in [5.41, 5.74) is 0.705. The number of alkyl halides is 2. The summed E-state index contributed by atoms with van der Waals surface area (Å²) in [6, 6.07) is 3.78. The molecule has 9 heteroatoms. The van der Waals surface area contributed by atoms with E-state index in [2.05, 4.69) is 20.6 Å². The predicted molar refractivity (Wildman–Crippen MR) is 79.6 cm³/mol. The van der Waals surface area contributed by atoms with E-state index in [1.54, 1.807) is 12.1 Å². The van der Waals surface area contributed by atoms with Crippen LogP contribution >= 0.6 is 0 Å². The second-order valence-electron chi connectivity index (χ2n) is 5.42. The molecule has 1 aliphatic heterocycles. The Morgan fingerprint density at radius 1 is 1.42 bits per heavy atom. The minimum absolute atomic E-state index is 0.130. The molecule has 3 rings (SSSR count). The van der Waals surface area contributed by atoms with E-state index < -0.39 is 30.7 Å². The zero-order valence-electron chi connectivity index (χ0n) is 12.4. The molecule has 0 saturated carbocycles. The number of carbonyl (C=O) groups is 3. The number of rotatable bonds is 4. The number of halogens is 2. The highest BCUT2D eigenvalue weighted by Gasteiger charge is 2.29. The first-order valence-corrected chi connectivity index (χ1v) is 7.33. The summed E-state index contributed by atoms with van der Waals surface area (Å²) in [5, 5.41) is 4.67. The maximum Gasteiger partial charge on any atom is 0.254 e. The maximum absolute atomic E-state index is 13.4. The van der Waals surface area contributed by atoms with Gasteiger partial charge < -0.3 is 10.3 Å². The van der Waals surface area contributed by atoms with Gasteiger partial charge in [-0.25, -0.2) is 13.8 Å². The molecule has 1 saturated heterocycles. The third-order valence-electron chi connectivity index (χ3n) is 3.75. The Labute approximate surface area is 134 Å². The van der Waals surface area contributed by atoms with Crippen molar-refractivity contribution in [3.63, 3.8) is 0 Å². The van der Waals surface area contributed by atoms with Crippen LogP contribution in [0.25, 0.3) is 11.0 Å². The van der Waals surface area contributed by atoms with Crippen LogP contribution < -0.4 is 10.6 Å². The number of nitrogens with zero attached hydrogens (tertiary/aromatic N) is 1. The van der Waals surface area contributed by atoms with E-state index in [1.165, 1.54) is 6.07 Å². The number of aromatic amines is 1. The molecule has 3 amide bonds. The van der Waals surface area contributed by atoms with Gasteiger partial charge in [-0.15, -0.1) is 0 Å². The van der Waals surface area contributed by atoms with Gasteiger partial charge in [-0.3, -0.25) is 19.7 Å². The Balaban J connectivity index is 1.85. The summed E-state index contributed by atoms with van der Waals surface area (Å²) >= 11 is 0. The van der Waals surface area contributed by atoms with Crippen molar-refractivity contribution in [1.29, 1.82) is 0 Å². The van der Waals surface area contributed by atoms with E-state index in [0.29, 0.717) is 5.52 Å². The van der Waals surface area contributed by atoms with Crippen molar-refractivity contribution in [3.8, 4) is 0 Å². The summed E-state index contributed by atoms with van der Waals surface area (Å²) in [6.45, 7) is -1.22. The molecule has 0 radical (unpaired) electrons. The number of hydrogen-bond acceptors (Lipinski definition) is 4. The van der Waals surface area contributed by atoms with Crippen molar-refractivity contribution < 1.29 is 23.2 Å². The molecule has 0 spiro atoms. The van der Waals surface area contributed by atoms with Crippen LogP contribution in [-0.4, -0.2) is 40.4 Å². The number of para-hydroxylation sites is 1. The number of carbonyl (C=O) groups excluding carboxylic acids is 3. The minimum Gasteiger partial charge on any atom is -0.340 e. The van der Waals surface area contributed by atoms with E-state index in [9.17, 15) is 23.2 Å². The predicted octanol–water partition coefficient (Wildman–Crippen LogP) is 1.08. The van der Waals surface area contributed by atoms with Gasteiger partial charge in [0, 0.05) is 6.42 Å². The fraction of sp³-hybridized carbons (Fsp3) is 0.333. The number of imidazole rings is 1. The van der Waals surface area contributed by atoms with Gasteiger partial charge in [0.15, 0.2) is 6.17 Å². The van der Waals surface area contributed by atoms with Gasteiger partial charge in [0.05, 0.1) is 11.1 Å². The van der Waals surface area contributed by atoms with Crippen molar-refractivity contribution in [2.24, 2.45) is 0 Å². The fourth-order valence-electron chi connectivity index (χ4n) is 2.52. The topological polar surface area (TPSA) is 104 Å². The number of fused-ring (bicyclic) bond motifs is 1. The number of hydrogen-bond donors (Lipinski definition) is 3. The molecule has 2 unspecified atom stereocenters. The molecule has 0 aliphatic carbocycles. The average molecular weight is 336 g/mol. The first kappa shape index (κ1) is 16.0. The molecule has 7 nitrogen and oxygen atoms in total. The SMILES string of the molecule is O=C1CCC(NC(=O)c2cccc3[nH]c(C(F)CF)nc23)C(=O)N1. The molecule has 1 aromatic heterocycles. The number of aromatic nitrogens is 2. The second kappa shape index (κ2) is 6.34. The van der Waals surface area contributed by atoms with Crippen LogP contribution in [0.15, 0.2) is 18.2 Å². The Morgan fingerprint density at radius 3 is 2.92 bits per heavy atom. The largest absolute Gasteiger partial charge is 0.340 e. The standard InChI is InChI=1S/C15H14F2N4O3/c16-6-8(17)13-18-9-3-1-2-7(12(9)21-13)14(23)19-10-4-5-11(22)20-15(10)24/h1-3,8,10H,4-6H2,(H,18,21)(H,19,23)(H,20,22,24). The molecule has 2 heterocycles. The molecule has 2 aromatic rings. The van der Waals surface area contributed by atoms with Crippen LogP contribution in [0.2, 0.25) is 0 Å². The normalized spacial score (nSPS) is 19.2. The number of nitrogens with one attached hydrogen (secondary N) is 3. The third-order valence-corrected chi connectivity index (χ3v) is 3.75. The molecule has 24 heavy (non-hydrogen) atoms. The van der Waals surface area contributed by atoms with E-state index in [0.717, 1.165) is 0 Å². The Morgan fingerprint density at radius 2 is 2.21 bits per heavy atom. The first-order valence-electron chi connectivity index (χ1n) is 7.33. The first-order chi connectivity index (χ1) is 11.5. The molecule has 0 bridgehead atoms. The number of benzene rings is 1. The summed E-state index contributed by atoms with van der Waals surface area (Å²) < 4.78 is 25.9. The van der Waals surface area contributed by atoms with Crippen LogP contribution in [0.1, 0.15) is 35.2 Å². The second-order valence-corrected chi connectivity index (χ2v) is 5.42. The zero-order chi connectivity index (χ0) is 17.3. The molecule has 126 valence electrons. The lowest BCUT2D eigenvalue weighted by molar-refractivity contribution is -0.134. The fourth-order valence-corrected chi connectivity index (χ4v) is 2.52. The maximum atomic E-state index is 13.4. The third kappa shape index (κ3) is 2.97. The lowest BCUT2D eigenvalue weighted by Gasteiger charge is -2.21. The van der Waals surface area contributed by atoms with E-state index >= 15 is 0 Å². The van der Waals surface area contributed by atoms with Crippen LogP contribution in [0.4, 0.5) is 8.78 Å². The zero-order valence-corrected chi connectivity index (χ0v) is 12.4. The molecular weight excluding hydrogens is 322 g/mol. The summed E-state index contributed by atoms with van der Waals surface area (Å²) in [7, 11) is 0. The highest BCUT2D eigenvalue weighted by Crippen LogP contribution is 2.22. The van der Waals surface area contributed by atoms with Gasteiger partial charge in [-0.1, -0.05) is 6.07 Å². The van der Waals surface area contributed by atoms with E-state index in [-0.39, 0.29) is 35.7 Å². The molecular formula is C15H14F2N4O3. The molecule has 3 N–H and O–H groups in total. The van der Waals surface area contributed by atoms with Gasteiger partial charge in [0.2, 0.25) is 11.8 Å². The van der Waals surface area contributed by atoms with Gasteiger partial charge in [0.1, 0.15) is 24.1 Å². The highest BCUT2D eigenvalue weighted by molar-refractivity contribution is 6.08. The van der Waals surface area contributed by atoms with Crippen LogP contribution in [0.5, 0.6) is 0 Å². The van der Waals surface area contributed by atoms with Crippen LogP contribution in [0.3, 0.4) is 0 Å². The minimum atomic E-state index is -1.90. The van der Waals surface area contributed by atoms with E-state index in [4.69, 9.17) is 0 Å². The van der Waals surface area contributed by atoms with Crippen molar-refractivity contribution in [2.45, 2.75) is 25.1 Å². The van der Waals surface area contributed by atoms with Crippen molar-refractivity contribution in [2.75, 3.05) is 6.67 Å². The lowest BCUT2D eigenvalue weighted by Crippen LogP contribution is -2.52. The summed E-state index contributed by atoms with van der Waals surface area (Å²) in [4.78, 5) is 41.8. The number of amides is 3. The Bertz CT molecular complexity index is 820. The number of imide groups is 1. The molecule has 1 aliphatic rings. The Kier molecular flexibility index (Phi) is 4.24. The van der Waals surface area contributed by atoms with Crippen molar-refractivity contribution in [3.05, 3.63) is 29.6 Å². The van der Waals surface area contributed by atoms with E-state index in [1.807, 2.05) is 0 Å². The number of H-pyrrole nitrogens is 1. The lowest BCUT2D eigenvalue weighted by atomic mass is 10.1. The van der Waals surface area contributed by atoms with Crippen molar-refractivity contribution in [1.82, 2.24) is 20.6 Å². The van der Waals surface area contributed by atoms with Gasteiger partial charge in [-0.05, 0) is 18.6 Å². The van der Waals surface area contributed by atoms with Gasteiger partial charge in [0.25, 0.3) is 5.91 Å². The monoisotopic (exact) mass is 336 g/mol. The average Bonchev–Trinajstić information content (AvgIpc) is 3.00. The highest BCUT2D eigenvalue weighted by atomic mass is 19.2. The van der Waals surface area contributed by atoms with Gasteiger partial charge >= 0.3 is 0 Å².